The normalized spacial score (nSPS) is 17.1. The zero-order valence-corrected chi connectivity index (χ0v) is 20.4. The number of aliphatic hydroxyl groups is 1. The Morgan fingerprint density at radius 1 is 1.06 bits per heavy atom. The van der Waals surface area contributed by atoms with Gasteiger partial charge in [-0.3, -0.25) is 14.5 Å². The highest BCUT2D eigenvalue weighted by molar-refractivity contribution is 7.22. The van der Waals surface area contributed by atoms with E-state index < -0.39 is 23.5 Å². The largest absolute Gasteiger partial charge is 0.507 e. The summed E-state index contributed by atoms with van der Waals surface area (Å²) in [5, 5.41) is 11.5. The Balaban J connectivity index is 1.79. The quantitative estimate of drug-likeness (QED) is 0.223. The summed E-state index contributed by atoms with van der Waals surface area (Å²) in [6.07, 6.45) is 0. The summed E-state index contributed by atoms with van der Waals surface area (Å²) in [5.41, 5.74) is 2.15. The Kier molecular flexibility index (Phi) is 5.93. The lowest BCUT2D eigenvalue weighted by atomic mass is 9.94. The number of nitrogens with zero attached hydrogens (tertiary/aromatic N) is 2. The zero-order chi connectivity index (χ0) is 25.6. The van der Waals surface area contributed by atoms with Crippen molar-refractivity contribution < 1.29 is 28.6 Å². The van der Waals surface area contributed by atoms with Crippen molar-refractivity contribution in [1.82, 2.24) is 4.98 Å². The Morgan fingerprint density at radius 2 is 1.81 bits per heavy atom. The molecule has 1 amide bonds. The summed E-state index contributed by atoms with van der Waals surface area (Å²) < 4.78 is 25.4. The van der Waals surface area contributed by atoms with Crippen LogP contribution in [0, 0.1) is 12.7 Å². The standard InChI is InChI=1S/C27H21FN2O5S/c1-14-7-9-15(10-8-14)23(31)21-22(17-5-4-6-19(34-2)25(17)35-3)30(26(33)24(21)32)27-29-18-12-11-16(28)13-20(18)36-27/h4-13,22,31H,1-3H3/t22-/m0/s1. The van der Waals surface area contributed by atoms with Crippen molar-refractivity contribution in [2.75, 3.05) is 19.1 Å². The van der Waals surface area contributed by atoms with Gasteiger partial charge in [-0.1, -0.05) is 53.3 Å². The molecule has 2 heterocycles. The van der Waals surface area contributed by atoms with Crippen LogP contribution < -0.4 is 14.4 Å². The molecular formula is C27H21FN2O5S. The van der Waals surface area contributed by atoms with Crippen molar-refractivity contribution in [3.8, 4) is 11.5 Å². The number of fused-ring (bicyclic) bond motifs is 1. The number of aliphatic hydroxyl groups excluding tert-OH is 1. The van der Waals surface area contributed by atoms with E-state index in [-0.39, 0.29) is 16.5 Å². The second-order valence-corrected chi connectivity index (χ2v) is 9.24. The van der Waals surface area contributed by atoms with Crippen LogP contribution in [0.5, 0.6) is 11.5 Å². The van der Waals surface area contributed by atoms with Crippen molar-refractivity contribution in [3.05, 3.63) is 88.7 Å². The third kappa shape index (κ3) is 3.77. The first kappa shape index (κ1) is 23.5. The van der Waals surface area contributed by atoms with Crippen LogP contribution in [0.4, 0.5) is 9.52 Å². The number of aryl methyl sites for hydroxylation is 1. The Morgan fingerprint density at radius 3 is 2.50 bits per heavy atom. The maximum absolute atomic E-state index is 13.8. The van der Waals surface area contributed by atoms with Crippen LogP contribution in [0.15, 0.2) is 66.2 Å². The molecule has 1 atom stereocenters. The van der Waals surface area contributed by atoms with E-state index in [2.05, 4.69) is 4.98 Å². The van der Waals surface area contributed by atoms with Crippen molar-refractivity contribution in [2.24, 2.45) is 0 Å². The van der Waals surface area contributed by atoms with Crippen molar-refractivity contribution in [3.63, 3.8) is 0 Å². The smallest absolute Gasteiger partial charge is 0.301 e. The summed E-state index contributed by atoms with van der Waals surface area (Å²) in [6, 6.07) is 15.1. The molecule has 182 valence electrons. The number of hydrogen-bond acceptors (Lipinski definition) is 7. The molecule has 0 aliphatic carbocycles. The van der Waals surface area contributed by atoms with Crippen LogP contribution in [0.25, 0.3) is 16.0 Å². The zero-order valence-electron chi connectivity index (χ0n) is 19.6. The molecule has 1 fully saturated rings. The first-order valence-electron chi connectivity index (χ1n) is 11.0. The molecule has 7 nitrogen and oxygen atoms in total. The molecule has 0 radical (unpaired) electrons. The number of Topliss-reactive ketones (excluding diaryl/α,β-unsaturated/α-hetero) is 1. The molecule has 1 saturated heterocycles. The molecule has 4 aromatic rings. The number of carbonyl (C=O) groups is 2. The number of thiazole rings is 1. The number of halogens is 1. The second kappa shape index (κ2) is 9.09. The van der Waals surface area contributed by atoms with Gasteiger partial charge in [-0.05, 0) is 31.2 Å². The molecule has 0 unspecified atom stereocenters. The second-order valence-electron chi connectivity index (χ2n) is 8.23. The lowest BCUT2D eigenvalue weighted by Gasteiger charge is -2.25. The van der Waals surface area contributed by atoms with Gasteiger partial charge in [-0.15, -0.1) is 0 Å². The molecule has 1 aromatic heterocycles. The van der Waals surface area contributed by atoms with Crippen LogP contribution in [0.1, 0.15) is 22.7 Å². The lowest BCUT2D eigenvalue weighted by Crippen LogP contribution is -2.29. The number of anilines is 1. The van der Waals surface area contributed by atoms with E-state index in [9.17, 15) is 19.1 Å². The molecule has 5 rings (SSSR count). The summed E-state index contributed by atoms with van der Waals surface area (Å²) >= 11 is 1.07. The number of benzene rings is 3. The minimum atomic E-state index is -1.07. The number of ether oxygens (including phenoxy) is 2. The van der Waals surface area contributed by atoms with Gasteiger partial charge < -0.3 is 14.6 Å². The van der Waals surface area contributed by atoms with Gasteiger partial charge in [0.2, 0.25) is 0 Å². The van der Waals surface area contributed by atoms with Gasteiger partial charge in [-0.2, -0.15) is 0 Å². The summed E-state index contributed by atoms with van der Waals surface area (Å²) in [5.74, 6) is -1.80. The average Bonchev–Trinajstić information content (AvgIpc) is 3.40. The predicted octanol–water partition coefficient (Wildman–Crippen LogP) is 5.39. The monoisotopic (exact) mass is 504 g/mol. The highest BCUT2D eigenvalue weighted by atomic mass is 32.1. The molecule has 36 heavy (non-hydrogen) atoms. The van der Waals surface area contributed by atoms with Gasteiger partial charge in [0.25, 0.3) is 5.78 Å². The van der Waals surface area contributed by atoms with E-state index in [0.29, 0.717) is 32.8 Å². The van der Waals surface area contributed by atoms with Gasteiger partial charge >= 0.3 is 5.91 Å². The maximum atomic E-state index is 13.8. The molecule has 0 spiro atoms. The number of hydrogen-bond donors (Lipinski definition) is 1. The van der Waals surface area contributed by atoms with Crippen molar-refractivity contribution in [1.29, 1.82) is 0 Å². The first-order chi connectivity index (χ1) is 17.3. The van der Waals surface area contributed by atoms with E-state index in [0.717, 1.165) is 16.9 Å². The highest BCUT2D eigenvalue weighted by Crippen LogP contribution is 2.48. The highest BCUT2D eigenvalue weighted by Gasteiger charge is 2.49. The maximum Gasteiger partial charge on any atom is 0.301 e. The number of carbonyl (C=O) groups excluding carboxylic acids is 2. The third-order valence-electron chi connectivity index (χ3n) is 6.04. The average molecular weight is 505 g/mol. The fourth-order valence-corrected chi connectivity index (χ4v) is 5.32. The summed E-state index contributed by atoms with van der Waals surface area (Å²) in [6.45, 7) is 1.90. The van der Waals surface area contributed by atoms with Crippen LogP contribution in [-0.2, 0) is 9.59 Å². The predicted molar refractivity (Wildman–Crippen MR) is 135 cm³/mol. The molecule has 3 aromatic carbocycles. The summed E-state index contributed by atoms with van der Waals surface area (Å²) in [4.78, 5) is 32.6. The number of aromatic nitrogens is 1. The molecular weight excluding hydrogens is 483 g/mol. The minimum absolute atomic E-state index is 0.110. The SMILES string of the molecule is COc1cccc([C@H]2C(=C(O)c3ccc(C)cc3)C(=O)C(=O)N2c2nc3ccc(F)cc3s2)c1OC. The van der Waals surface area contributed by atoms with Crippen LogP contribution in [0.3, 0.4) is 0 Å². The van der Waals surface area contributed by atoms with Crippen molar-refractivity contribution in [2.45, 2.75) is 13.0 Å². The molecule has 0 bridgehead atoms. The number of para-hydroxylation sites is 1. The van der Waals surface area contributed by atoms with E-state index >= 15 is 0 Å². The Bertz CT molecular complexity index is 1540. The molecule has 1 aliphatic heterocycles. The fourth-order valence-electron chi connectivity index (χ4n) is 4.31. The fraction of sp³-hybridized carbons (Fsp3) is 0.148. The van der Waals surface area contributed by atoms with Gasteiger partial charge in [-0.25, -0.2) is 9.37 Å². The van der Waals surface area contributed by atoms with E-state index in [1.54, 1.807) is 42.5 Å². The summed E-state index contributed by atoms with van der Waals surface area (Å²) in [7, 11) is 2.93. The van der Waals surface area contributed by atoms with Crippen molar-refractivity contribution >= 4 is 44.1 Å². The molecule has 1 aliphatic rings. The number of rotatable bonds is 5. The van der Waals surface area contributed by atoms with Crippen LogP contribution in [-0.4, -0.2) is 36.0 Å². The van der Waals surface area contributed by atoms with Crippen LogP contribution in [0.2, 0.25) is 0 Å². The molecule has 1 N–H and O–H groups in total. The van der Waals surface area contributed by atoms with E-state index in [4.69, 9.17) is 9.47 Å². The third-order valence-corrected chi connectivity index (χ3v) is 7.06. The first-order valence-corrected chi connectivity index (χ1v) is 11.8. The Labute approximate surface area is 210 Å². The number of methoxy groups -OCH3 is 2. The number of ketones is 1. The van der Waals surface area contributed by atoms with Crippen LogP contribution >= 0.6 is 11.3 Å². The van der Waals surface area contributed by atoms with E-state index in [1.165, 1.54) is 37.3 Å². The van der Waals surface area contributed by atoms with E-state index in [1.807, 2.05) is 6.92 Å². The Hall–Kier alpha value is -4.24. The molecule has 0 saturated carbocycles. The van der Waals surface area contributed by atoms with Gasteiger partial charge in [0.05, 0.1) is 30.0 Å². The number of amides is 1. The van der Waals surface area contributed by atoms with Gasteiger partial charge in [0, 0.05) is 11.1 Å². The lowest BCUT2D eigenvalue weighted by molar-refractivity contribution is -0.132. The minimum Gasteiger partial charge on any atom is -0.507 e. The topological polar surface area (TPSA) is 89.0 Å². The van der Waals surface area contributed by atoms with Gasteiger partial charge in [0.1, 0.15) is 17.6 Å². The van der Waals surface area contributed by atoms with Gasteiger partial charge in [0.15, 0.2) is 16.6 Å². The molecule has 9 heteroatoms.